The topological polar surface area (TPSA) is 58.4 Å². The Bertz CT molecular complexity index is 611. The van der Waals surface area contributed by atoms with Gasteiger partial charge in [0.25, 0.3) is 0 Å². The molecule has 0 radical (unpaired) electrons. The van der Waals surface area contributed by atoms with Gasteiger partial charge in [-0.25, -0.2) is 0 Å². The first-order valence-electron chi connectivity index (χ1n) is 6.93. The van der Waals surface area contributed by atoms with E-state index in [1.165, 1.54) is 5.56 Å². The van der Waals surface area contributed by atoms with Crippen molar-refractivity contribution in [1.82, 2.24) is 4.90 Å². The molecule has 0 aliphatic heterocycles. The van der Waals surface area contributed by atoms with Crippen molar-refractivity contribution in [2.75, 3.05) is 24.6 Å². The van der Waals surface area contributed by atoms with Crippen molar-refractivity contribution in [3.63, 3.8) is 0 Å². The monoisotopic (exact) mass is 283 g/mol. The number of amides is 1. The molecule has 0 atom stereocenters. The van der Waals surface area contributed by atoms with Crippen LogP contribution in [0.1, 0.15) is 11.1 Å². The van der Waals surface area contributed by atoms with Crippen LogP contribution in [-0.2, 0) is 11.3 Å². The van der Waals surface area contributed by atoms with Crippen LogP contribution >= 0.6 is 0 Å². The smallest absolute Gasteiger partial charge is 0.238 e. The summed E-state index contributed by atoms with van der Waals surface area (Å²) in [7, 11) is 1.93. The lowest BCUT2D eigenvalue weighted by molar-refractivity contribution is -0.117. The maximum atomic E-state index is 12.0. The summed E-state index contributed by atoms with van der Waals surface area (Å²) < 4.78 is 0. The molecule has 0 spiro atoms. The highest BCUT2D eigenvalue weighted by Gasteiger charge is 2.08. The van der Waals surface area contributed by atoms with E-state index in [2.05, 4.69) is 17.4 Å². The maximum absolute atomic E-state index is 12.0. The number of nitrogens with zero attached hydrogens (tertiary/aromatic N) is 1. The third-order valence-corrected chi connectivity index (χ3v) is 3.27. The number of rotatable bonds is 5. The van der Waals surface area contributed by atoms with Gasteiger partial charge in [0.15, 0.2) is 0 Å². The van der Waals surface area contributed by atoms with Gasteiger partial charge in [0, 0.05) is 17.9 Å². The van der Waals surface area contributed by atoms with Gasteiger partial charge in [0.1, 0.15) is 0 Å². The summed E-state index contributed by atoms with van der Waals surface area (Å²) in [5.41, 5.74) is 9.45. The Morgan fingerprint density at radius 3 is 2.57 bits per heavy atom. The Labute approximate surface area is 125 Å². The molecule has 2 aromatic carbocycles. The Kier molecular flexibility index (Phi) is 4.95. The minimum absolute atomic E-state index is 0.0447. The average Bonchev–Trinajstić information content (AvgIpc) is 2.43. The number of benzene rings is 2. The number of likely N-dealkylation sites (N-methyl/N-ethyl adjacent to an activating group) is 1. The van der Waals surface area contributed by atoms with Gasteiger partial charge >= 0.3 is 0 Å². The lowest BCUT2D eigenvalue weighted by Gasteiger charge is -2.16. The van der Waals surface area contributed by atoms with Crippen molar-refractivity contribution >= 4 is 17.3 Å². The molecule has 4 nitrogen and oxygen atoms in total. The largest absolute Gasteiger partial charge is 0.398 e. The van der Waals surface area contributed by atoms with Gasteiger partial charge < -0.3 is 11.1 Å². The summed E-state index contributed by atoms with van der Waals surface area (Å²) in [6.07, 6.45) is 0. The number of nitrogens with one attached hydrogen (secondary N) is 1. The Hall–Kier alpha value is -2.33. The van der Waals surface area contributed by atoms with Gasteiger partial charge in [-0.2, -0.15) is 0 Å². The van der Waals surface area contributed by atoms with Crippen LogP contribution in [0.3, 0.4) is 0 Å². The van der Waals surface area contributed by atoms with Crippen molar-refractivity contribution < 1.29 is 4.79 Å². The molecule has 0 saturated carbocycles. The minimum atomic E-state index is -0.0447. The molecule has 0 fully saturated rings. The van der Waals surface area contributed by atoms with E-state index < -0.39 is 0 Å². The number of hydrogen-bond donors (Lipinski definition) is 2. The molecule has 0 unspecified atom stereocenters. The Balaban J connectivity index is 1.87. The standard InChI is InChI=1S/C17H21N3O/c1-13-8-9-15(10-16(13)18)19-17(21)12-20(2)11-14-6-4-3-5-7-14/h3-10H,11-12,18H2,1-2H3,(H,19,21). The molecule has 0 aliphatic carbocycles. The fourth-order valence-corrected chi connectivity index (χ4v) is 2.11. The van der Waals surface area contributed by atoms with Crippen molar-refractivity contribution in [2.24, 2.45) is 0 Å². The predicted octanol–water partition coefficient (Wildman–Crippen LogP) is 2.65. The van der Waals surface area contributed by atoms with Crippen molar-refractivity contribution in [3.8, 4) is 0 Å². The summed E-state index contributed by atoms with van der Waals surface area (Å²) in [6, 6.07) is 15.6. The average molecular weight is 283 g/mol. The van der Waals surface area contributed by atoms with Gasteiger partial charge in [-0.15, -0.1) is 0 Å². The number of aryl methyl sites for hydroxylation is 1. The number of hydrogen-bond acceptors (Lipinski definition) is 3. The second kappa shape index (κ2) is 6.90. The summed E-state index contributed by atoms with van der Waals surface area (Å²) in [5, 5.41) is 2.87. The zero-order valence-electron chi connectivity index (χ0n) is 12.5. The third-order valence-electron chi connectivity index (χ3n) is 3.27. The van der Waals surface area contributed by atoms with Crippen molar-refractivity contribution in [1.29, 1.82) is 0 Å². The summed E-state index contributed by atoms with van der Waals surface area (Å²) >= 11 is 0. The fraction of sp³-hybridized carbons (Fsp3) is 0.235. The molecule has 110 valence electrons. The summed E-state index contributed by atoms with van der Waals surface area (Å²) in [6.45, 7) is 3.02. The van der Waals surface area contributed by atoms with E-state index in [9.17, 15) is 4.79 Å². The van der Waals surface area contributed by atoms with Gasteiger partial charge in [-0.05, 0) is 37.2 Å². The van der Waals surface area contributed by atoms with Crippen LogP contribution in [0.25, 0.3) is 0 Å². The van der Waals surface area contributed by atoms with E-state index in [0.717, 1.165) is 17.8 Å². The molecule has 0 heterocycles. The fourth-order valence-electron chi connectivity index (χ4n) is 2.11. The van der Waals surface area contributed by atoms with Crippen LogP contribution in [0.4, 0.5) is 11.4 Å². The Morgan fingerprint density at radius 2 is 1.90 bits per heavy atom. The van der Waals surface area contributed by atoms with E-state index in [0.29, 0.717) is 12.2 Å². The van der Waals surface area contributed by atoms with Crippen molar-refractivity contribution in [2.45, 2.75) is 13.5 Å². The van der Waals surface area contributed by atoms with Crippen LogP contribution in [-0.4, -0.2) is 24.4 Å². The number of carbonyl (C=O) groups is 1. The molecule has 2 rings (SSSR count). The molecule has 1 amide bonds. The molecule has 0 aromatic heterocycles. The molecular formula is C17H21N3O. The number of nitrogen functional groups attached to an aromatic ring is 1. The molecule has 0 aliphatic rings. The predicted molar refractivity (Wildman–Crippen MR) is 87.0 cm³/mol. The first kappa shape index (κ1) is 15.1. The van der Waals surface area contributed by atoms with E-state index >= 15 is 0 Å². The molecule has 4 heteroatoms. The molecule has 0 saturated heterocycles. The molecule has 0 bridgehead atoms. The summed E-state index contributed by atoms with van der Waals surface area (Å²) in [5.74, 6) is -0.0447. The Morgan fingerprint density at radius 1 is 1.19 bits per heavy atom. The molecular weight excluding hydrogens is 262 g/mol. The van der Waals surface area contributed by atoms with Crippen LogP contribution in [0, 0.1) is 6.92 Å². The van der Waals surface area contributed by atoms with Gasteiger partial charge in [-0.3, -0.25) is 9.69 Å². The van der Waals surface area contributed by atoms with Crippen LogP contribution in [0.5, 0.6) is 0 Å². The van der Waals surface area contributed by atoms with Gasteiger partial charge in [0.2, 0.25) is 5.91 Å². The quantitative estimate of drug-likeness (QED) is 0.829. The first-order valence-corrected chi connectivity index (χ1v) is 6.93. The second-order valence-corrected chi connectivity index (χ2v) is 5.28. The SMILES string of the molecule is Cc1ccc(NC(=O)CN(C)Cc2ccccc2)cc1N. The summed E-state index contributed by atoms with van der Waals surface area (Å²) in [4.78, 5) is 14.0. The highest BCUT2D eigenvalue weighted by molar-refractivity contribution is 5.92. The third kappa shape index (κ3) is 4.61. The van der Waals surface area contributed by atoms with Gasteiger partial charge in [-0.1, -0.05) is 36.4 Å². The van der Waals surface area contributed by atoms with Crippen molar-refractivity contribution in [3.05, 3.63) is 59.7 Å². The van der Waals surface area contributed by atoms with Crippen LogP contribution in [0.2, 0.25) is 0 Å². The van der Waals surface area contributed by atoms with E-state index in [1.807, 2.05) is 49.2 Å². The zero-order valence-corrected chi connectivity index (χ0v) is 12.5. The molecule has 3 N–H and O–H groups in total. The molecule has 2 aromatic rings. The highest BCUT2D eigenvalue weighted by Crippen LogP contribution is 2.16. The lowest BCUT2D eigenvalue weighted by Crippen LogP contribution is -2.29. The zero-order chi connectivity index (χ0) is 15.2. The first-order chi connectivity index (χ1) is 10.0. The molecule has 21 heavy (non-hydrogen) atoms. The van der Waals surface area contributed by atoms with E-state index in [4.69, 9.17) is 5.73 Å². The second-order valence-electron chi connectivity index (χ2n) is 5.28. The van der Waals surface area contributed by atoms with E-state index in [1.54, 1.807) is 6.07 Å². The number of anilines is 2. The maximum Gasteiger partial charge on any atom is 0.238 e. The van der Waals surface area contributed by atoms with E-state index in [-0.39, 0.29) is 5.91 Å². The lowest BCUT2D eigenvalue weighted by atomic mass is 10.2. The number of nitrogens with two attached hydrogens (primary N) is 1. The van der Waals surface area contributed by atoms with Gasteiger partial charge in [0.05, 0.1) is 6.54 Å². The highest BCUT2D eigenvalue weighted by atomic mass is 16.2. The number of carbonyl (C=O) groups excluding carboxylic acids is 1. The normalized spacial score (nSPS) is 10.6. The minimum Gasteiger partial charge on any atom is -0.398 e. The van der Waals surface area contributed by atoms with Crippen LogP contribution in [0.15, 0.2) is 48.5 Å². The van der Waals surface area contributed by atoms with Crippen LogP contribution < -0.4 is 11.1 Å².